The van der Waals surface area contributed by atoms with Gasteiger partial charge in [-0.05, 0) is 36.8 Å². The molecule has 0 aliphatic carbocycles. The van der Waals surface area contributed by atoms with Gasteiger partial charge in [-0.15, -0.1) is 0 Å². The third-order valence-electron chi connectivity index (χ3n) is 4.68. The fourth-order valence-corrected chi connectivity index (χ4v) is 3.62. The number of anilines is 2. The van der Waals surface area contributed by atoms with Crippen molar-refractivity contribution in [3.8, 4) is 11.5 Å². The van der Waals surface area contributed by atoms with Gasteiger partial charge in [0.2, 0.25) is 0 Å². The maximum Gasteiger partial charge on any atom is 0.173 e. The summed E-state index contributed by atoms with van der Waals surface area (Å²) in [5.74, 6) is 1.45. The summed E-state index contributed by atoms with van der Waals surface area (Å²) in [7, 11) is 3.27. The van der Waals surface area contributed by atoms with Crippen molar-refractivity contribution in [2.24, 2.45) is 0 Å². The number of thiocarbonyl (C=S) groups is 1. The zero-order chi connectivity index (χ0) is 19.4. The number of nitrogens with one attached hydrogen (secondary N) is 1. The van der Waals surface area contributed by atoms with Gasteiger partial charge < -0.3 is 24.6 Å². The lowest BCUT2D eigenvalue weighted by molar-refractivity contribution is 0.390. The average molecular weight is 406 g/mol. The summed E-state index contributed by atoms with van der Waals surface area (Å²) in [4.78, 5) is 4.53. The van der Waals surface area contributed by atoms with Gasteiger partial charge in [-0.1, -0.05) is 17.7 Å². The third kappa shape index (κ3) is 4.76. The summed E-state index contributed by atoms with van der Waals surface area (Å²) in [6.45, 7) is 5.59. The number of piperazine rings is 1. The first-order chi connectivity index (χ1) is 13.0. The van der Waals surface area contributed by atoms with Crippen LogP contribution in [0.15, 0.2) is 36.4 Å². The molecule has 0 bridgehead atoms. The van der Waals surface area contributed by atoms with Crippen LogP contribution in [0, 0.1) is 6.92 Å². The van der Waals surface area contributed by atoms with Crippen molar-refractivity contribution in [3.63, 3.8) is 0 Å². The second kappa shape index (κ2) is 8.67. The van der Waals surface area contributed by atoms with E-state index in [1.54, 1.807) is 14.2 Å². The van der Waals surface area contributed by atoms with Crippen LogP contribution in [-0.4, -0.2) is 50.4 Å². The Hall–Kier alpha value is -2.18. The van der Waals surface area contributed by atoms with E-state index in [0.29, 0.717) is 5.11 Å². The topological polar surface area (TPSA) is 37.0 Å². The van der Waals surface area contributed by atoms with Crippen LogP contribution in [0.25, 0.3) is 0 Å². The minimum Gasteiger partial charge on any atom is -0.497 e. The molecule has 1 aliphatic rings. The Kier molecular flexibility index (Phi) is 6.29. The van der Waals surface area contributed by atoms with Gasteiger partial charge in [-0.25, -0.2) is 0 Å². The quantitative estimate of drug-likeness (QED) is 0.769. The number of halogens is 1. The van der Waals surface area contributed by atoms with Crippen molar-refractivity contribution >= 4 is 40.3 Å². The van der Waals surface area contributed by atoms with Crippen LogP contribution < -0.4 is 19.7 Å². The molecule has 0 spiro atoms. The molecule has 2 aromatic carbocycles. The van der Waals surface area contributed by atoms with E-state index in [-0.39, 0.29) is 0 Å². The lowest BCUT2D eigenvalue weighted by Crippen LogP contribution is -2.50. The zero-order valence-electron chi connectivity index (χ0n) is 15.8. The van der Waals surface area contributed by atoms with Gasteiger partial charge in [-0.2, -0.15) is 0 Å². The molecule has 1 fully saturated rings. The molecule has 3 rings (SSSR count). The highest BCUT2D eigenvalue weighted by Crippen LogP contribution is 2.27. The van der Waals surface area contributed by atoms with E-state index in [9.17, 15) is 0 Å². The maximum atomic E-state index is 6.17. The van der Waals surface area contributed by atoms with Crippen molar-refractivity contribution in [1.82, 2.24) is 4.90 Å². The Morgan fingerprint density at radius 2 is 1.63 bits per heavy atom. The molecule has 0 radical (unpaired) electrons. The zero-order valence-corrected chi connectivity index (χ0v) is 17.4. The summed E-state index contributed by atoms with van der Waals surface area (Å²) < 4.78 is 10.6. The van der Waals surface area contributed by atoms with Crippen molar-refractivity contribution in [2.75, 3.05) is 50.6 Å². The van der Waals surface area contributed by atoms with E-state index >= 15 is 0 Å². The minimum absolute atomic E-state index is 0.702. The number of hydrogen-bond acceptors (Lipinski definition) is 4. The van der Waals surface area contributed by atoms with Crippen LogP contribution in [0.1, 0.15) is 5.56 Å². The predicted octanol–water partition coefficient (Wildman–Crippen LogP) is 4.18. The highest BCUT2D eigenvalue weighted by molar-refractivity contribution is 7.80. The van der Waals surface area contributed by atoms with Gasteiger partial charge in [-0.3, -0.25) is 0 Å². The number of aryl methyl sites for hydroxylation is 1. The predicted molar refractivity (Wildman–Crippen MR) is 116 cm³/mol. The van der Waals surface area contributed by atoms with Gasteiger partial charge >= 0.3 is 0 Å². The van der Waals surface area contributed by atoms with Crippen LogP contribution in [0.3, 0.4) is 0 Å². The van der Waals surface area contributed by atoms with E-state index in [1.165, 1.54) is 11.3 Å². The number of ether oxygens (including phenoxy) is 2. The van der Waals surface area contributed by atoms with Crippen LogP contribution in [0.5, 0.6) is 11.5 Å². The minimum atomic E-state index is 0.702. The summed E-state index contributed by atoms with van der Waals surface area (Å²) in [6.07, 6.45) is 0. The number of methoxy groups -OCH3 is 2. The molecule has 1 heterocycles. The number of hydrogen-bond donors (Lipinski definition) is 1. The first-order valence-corrected chi connectivity index (χ1v) is 9.59. The van der Waals surface area contributed by atoms with Crippen molar-refractivity contribution in [2.45, 2.75) is 6.92 Å². The molecule has 144 valence electrons. The van der Waals surface area contributed by atoms with Gasteiger partial charge in [0.1, 0.15) is 11.5 Å². The molecule has 0 atom stereocenters. The van der Waals surface area contributed by atoms with E-state index in [4.69, 9.17) is 33.3 Å². The van der Waals surface area contributed by atoms with E-state index in [2.05, 4.69) is 28.1 Å². The molecule has 0 amide bonds. The highest BCUT2D eigenvalue weighted by Gasteiger charge is 2.20. The molecule has 1 N–H and O–H groups in total. The second-order valence-electron chi connectivity index (χ2n) is 6.44. The van der Waals surface area contributed by atoms with Crippen LogP contribution in [-0.2, 0) is 0 Å². The monoisotopic (exact) mass is 405 g/mol. The van der Waals surface area contributed by atoms with Gasteiger partial charge in [0.15, 0.2) is 5.11 Å². The normalized spacial score (nSPS) is 14.1. The van der Waals surface area contributed by atoms with Crippen LogP contribution in [0.2, 0.25) is 5.02 Å². The van der Waals surface area contributed by atoms with E-state index in [1.807, 2.05) is 30.3 Å². The Labute approximate surface area is 170 Å². The second-order valence-corrected chi connectivity index (χ2v) is 7.26. The molecule has 0 aromatic heterocycles. The summed E-state index contributed by atoms with van der Waals surface area (Å²) in [6, 6.07) is 11.7. The molecule has 0 saturated carbocycles. The van der Waals surface area contributed by atoms with Gasteiger partial charge in [0, 0.05) is 60.8 Å². The van der Waals surface area contributed by atoms with Crippen molar-refractivity contribution in [1.29, 1.82) is 0 Å². The van der Waals surface area contributed by atoms with Crippen LogP contribution in [0.4, 0.5) is 11.4 Å². The maximum absolute atomic E-state index is 6.17. The summed E-state index contributed by atoms with van der Waals surface area (Å²) in [5.41, 5.74) is 3.28. The van der Waals surface area contributed by atoms with Crippen molar-refractivity contribution in [3.05, 3.63) is 47.0 Å². The number of rotatable bonds is 4. The number of nitrogens with zero attached hydrogens (tertiary/aromatic N) is 2. The lowest BCUT2D eigenvalue weighted by Gasteiger charge is -2.38. The average Bonchev–Trinajstić information content (AvgIpc) is 2.69. The molecule has 0 unspecified atom stereocenters. The van der Waals surface area contributed by atoms with Crippen molar-refractivity contribution < 1.29 is 9.47 Å². The van der Waals surface area contributed by atoms with Crippen LogP contribution >= 0.6 is 23.8 Å². The molecule has 2 aromatic rings. The van der Waals surface area contributed by atoms with Gasteiger partial charge in [0.05, 0.1) is 14.2 Å². The largest absolute Gasteiger partial charge is 0.497 e. The molecule has 5 nitrogen and oxygen atoms in total. The SMILES string of the molecule is COc1cc(NC(=S)N2CCN(c3cc(Cl)ccc3C)CC2)cc(OC)c1. The molecule has 27 heavy (non-hydrogen) atoms. The standard InChI is InChI=1S/C20H24ClN3O2S/c1-14-4-5-15(21)10-19(14)23-6-8-24(9-7-23)20(27)22-16-11-17(25-2)13-18(12-16)26-3/h4-5,10-13H,6-9H2,1-3H3,(H,22,27). The first kappa shape index (κ1) is 19.6. The number of benzene rings is 2. The fraction of sp³-hybridized carbons (Fsp3) is 0.350. The summed E-state index contributed by atoms with van der Waals surface area (Å²) in [5, 5.41) is 4.76. The fourth-order valence-electron chi connectivity index (χ4n) is 3.16. The molecule has 1 aliphatic heterocycles. The molecule has 7 heteroatoms. The Balaban J connectivity index is 1.63. The van der Waals surface area contributed by atoms with E-state index < -0.39 is 0 Å². The smallest absolute Gasteiger partial charge is 0.173 e. The van der Waals surface area contributed by atoms with E-state index in [0.717, 1.165) is 48.4 Å². The van der Waals surface area contributed by atoms with Gasteiger partial charge in [0.25, 0.3) is 0 Å². The summed E-state index contributed by atoms with van der Waals surface area (Å²) >= 11 is 11.8. The molecule has 1 saturated heterocycles. The Bertz CT molecular complexity index is 801. The molecular weight excluding hydrogens is 382 g/mol. The Morgan fingerprint density at radius 3 is 2.22 bits per heavy atom. The third-order valence-corrected chi connectivity index (χ3v) is 5.28. The highest BCUT2D eigenvalue weighted by atomic mass is 35.5. The first-order valence-electron chi connectivity index (χ1n) is 8.80. The lowest BCUT2D eigenvalue weighted by atomic mass is 10.1. The Morgan fingerprint density at radius 1 is 1.00 bits per heavy atom. The molecular formula is C20H24ClN3O2S.